The van der Waals surface area contributed by atoms with Crippen molar-refractivity contribution >= 4 is 42.4 Å². The Morgan fingerprint density at radius 1 is 0.500 bits per heavy atom. The van der Waals surface area contributed by atoms with Crippen LogP contribution in [0.25, 0.3) is 22.3 Å². The van der Waals surface area contributed by atoms with Crippen molar-refractivity contribution in [2.75, 3.05) is 0 Å². The minimum absolute atomic E-state index is 0. The van der Waals surface area contributed by atoms with Gasteiger partial charge in [0.2, 0.25) is 0 Å². The summed E-state index contributed by atoms with van der Waals surface area (Å²) in [7, 11) is 0. The van der Waals surface area contributed by atoms with Gasteiger partial charge in [-0.25, -0.2) is 0 Å². The summed E-state index contributed by atoms with van der Waals surface area (Å²) in [6, 6.07) is 32.4. The molecule has 0 amide bonds. The van der Waals surface area contributed by atoms with E-state index in [1.807, 2.05) is 6.66 Å². The molecule has 0 heterocycles. The molecule has 256 valence electrons. The molecule has 6 heteroatoms. The first kappa shape index (κ1) is 39.8. The Balaban J connectivity index is 0.000000187. The SMILES string of the molecule is CC1=[C]([Hf]([c]2cccc3c2Cc2ccccc2-3)=[Si](C)C)C(C)C=C1.CC1=[C]([Hf]([c]2cccc3c2Cc2ccccc2-3)=[Si](C)C)C(C)C=C1.Cl.Cl. The minimum atomic E-state index is -2.00. The molecule has 0 saturated heterocycles. The second-order valence-electron chi connectivity index (χ2n) is 14.6. The standard InChI is InChI=1S/2C13H9.2C7H9.2C2H6Si.2ClH.2Hf/c2*1-3-7-12-10(5-1)9-11-6-2-4-8-13(11)12;2*1-6-3-4-7(2)5-6;2*1-3-2;;;;/h2*1-5,7-8H,9H2;2*3-4,6H,1-2H3;2*1-2H3;2*1H;;. The van der Waals surface area contributed by atoms with Gasteiger partial charge in [-0.3, -0.25) is 0 Å². The van der Waals surface area contributed by atoms with E-state index in [1.165, 1.54) is 33.4 Å². The van der Waals surface area contributed by atoms with Gasteiger partial charge in [-0.2, -0.15) is 0 Å². The molecule has 0 N–H and O–H groups in total. The van der Waals surface area contributed by atoms with Crippen LogP contribution < -0.4 is 6.64 Å². The van der Waals surface area contributed by atoms with Gasteiger partial charge in [0.25, 0.3) is 0 Å². The number of halogens is 2. The average Bonchev–Trinajstić information content (AvgIpc) is 3.83. The van der Waals surface area contributed by atoms with Crippen molar-refractivity contribution in [1.29, 1.82) is 0 Å². The summed E-state index contributed by atoms with van der Waals surface area (Å²) < 4.78 is 7.36. The smallest absolute Gasteiger partial charge is 0.147 e. The van der Waals surface area contributed by atoms with Crippen molar-refractivity contribution in [3.05, 3.63) is 149 Å². The van der Waals surface area contributed by atoms with Crippen LogP contribution in [0.4, 0.5) is 0 Å². The molecule has 0 aliphatic heterocycles. The van der Waals surface area contributed by atoms with E-state index < -0.39 is 40.1 Å². The molecule has 0 saturated carbocycles. The molecule has 8 rings (SSSR count). The van der Waals surface area contributed by atoms with Gasteiger partial charge in [0.1, 0.15) is 0 Å². The van der Waals surface area contributed by atoms with Crippen LogP contribution in [0.2, 0.25) is 26.2 Å². The van der Waals surface area contributed by atoms with Crippen molar-refractivity contribution in [3.8, 4) is 22.3 Å². The number of hydrogen-bond acceptors (Lipinski definition) is 0. The summed E-state index contributed by atoms with van der Waals surface area (Å²) in [5.41, 5.74) is 15.0. The molecular weight excluding hydrogens is 1010 g/mol. The van der Waals surface area contributed by atoms with Gasteiger partial charge >= 0.3 is 308 Å². The van der Waals surface area contributed by atoms with Gasteiger partial charge < -0.3 is 0 Å². The van der Waals surface area contributed by atoms with Gasteiger partial charge in [0, 0.05) is 0 Å². The molecule has 2 unspecified atom stereocenters. The first-order chi connectivity index (χ1) is 23.2. The molecule has 2 atom stereocenters. The molecule has 0 spiro atoms. The molecule has 4 aromatic rings. The number of hydrogen-bond donors (Lipinski definition) is 0. The number of benzene rings is 4. The predicted molar refractivity (Wildman–Crippen MR) is 220 cm³/mol. The van der Waals surface area contributed by atoms with Crippen LogP contribution in [0.3, 0.4) is 0 Å². The fourth-order valence-electron chi connectivity index (χ4n) is 8.67. The van der Waals surface area contributed by atoms with Crippen LogP contribution >= 0.6 is 24.8 Å². The summed E-state index contributed by atoms with van der Waals surface area (Å²) in [4.78, 5) is 0. The maximum absolute atomic E-state index is 2.57. The Morgan fingerprint density at radius 3 is 1.20 bits per heavy atom. The maximum atomic E-state index is 2.57. The second-order valence-corrected chi connectivity index (χ2v) is 61.4. The zero-order valence-electron chi connectivity index (χ0n) is 30.8. The molecule has 0 aromatic heterocycles. The van der Waals surface area contributed by atoms with Crippen LogP contribution in [0, 0.1) is 11.8 Å². The van der Waals surface area contributed by atoms with E-state index in [-0.39, 0.29) is 35.8 Å². The Kier molecular flexibility index (Phi) is 13.3. The zero-order valence-corrected chi connectivity index (χ0v) is 41.6. The fourth-order valence-corrected chi connectivity index (χ4v) is 60.0. The van der Waals surface area contributed by atoms with E-state index in [1.54, 1.807) is 28.9 Å². The van der Waals surface area contributed by atoms with Crippen molar-refractivity contribution in [3.63, 3.8) is 0 Å². The Morgan fingerprint density at radius 2 is 0.860 bits per heavy atom. The number of allylic oxidation sites excluding steroid dienone is 8. The predicted octanol–water partition coefficient (Wildman–Crippen LogP) is 11.3. The Bertz CT molecular complexity index is 2020. The number of rotatable bonds is 4. The van der Waals surface area contributed by atoms with Crippen LogP contribution in [0.1, 0.15) is 49.9 Å². The van der Waals surface area contributed by atoms with Crippen LogP contribution in [-0.4, -0.2) is 11.0 Å². The molecule has 0 radical (unpaired) electrons. The number of fused-ring (bicyclic) bond motifs is 6. The monoisotopic (exact) mass is 1060 g/mol. The van der Waals surface area contributed by atoms with E-state index in [0.717, 1.165) is 12.8 Å². The van der Waals surface area contributed by atoms with Crippen molar-refractivity contribution in [1.82, 2.24) is 0 Å². The third-order valence-corrected chi connectivity index (χ3v) is 60.4. The van der Waals surface area contributed by atoms with E-state index in [9.17, 15) is 0 Å². The molecule has 0 bridgehead atoms. The third kappa shape index (κ3) is 7.38. The van der Waals surface area contributed by atoms with Crippen LogP contribution in [-0.2, 0) is 53.0 Å². The van der Waals surface area contributed by atoms with E-state index in [2.05, 4.69) is 163 Å². The summed E-state index contributed by atoms with van der Waals surface area (Å²) in [5, 5.41) is 0. The van der Waals surface area contributed by atoms with Gasteiger partial charge in [-0.15, -0.1) is 24.8 Å². The van der Waals surface area contributed by atoms with Gasteiger partial charge in [0.15, 0.2) is 0 Å². The third-order valence-electron chi connectivity index (χ3n) is 10.8. The second kappa shape index (κ2) is 16.7. The molecule has 50 heavy (non-hydrogen) atoms. The normalized spacial score (nSPS) is 17.2. The minimum Gasteiger partial charge on any atom is -0.147 e. The summed E-state index contributed by atoms with van der Waals surface area (Å²) >= 11 is -4.00. The average molecular weight is 1060 g/mol. The van der Waals surface area contributed by atoms with E-state index in [0.29, 0.717) is 11.8 Å². The van der Waals surface area contributed by atoms with E-state index >= 15 is 0 Å². The molecule has 4 aromatic carbocycles. The molecule has 0 fully saturated rings. The summed E-state index contributed by atoms with van der Waals surface area (Å²) in [5.74, 6) is 1.35. The van der Waals surface area contributed by atoms with Crippen molar-refractivity contribution < 1.29 is 40.1 Å². The quantitative estimate of drug-likeness (QED) is 0.154. The topological polar surface area (TPSA) is 0 Å². The Hall–Kier alpha value is -1.41. The largest absolute Gasteiger partial charge is 0.147 e. The van der Waals surface area contributed by atoms with Crippen molar-refractivity contribution in [2.24, 2.45) is 11.8 Å². The van der Waals surface area contributed by atoms with Gasteiger partial charge in [-0.05, 0) is 0 Å². The van der Waals surface area contributed by atoms with Gasteiger partial charge in [0.05, 0.1) is 0 Å². The first-order valence-corrected chi connectivity index (χ1v) is 40.7. The summed E-state index contributed by atoms with van der Waals surface area (Å²) in [6.07, 6.45) is 11.9. The maximum Gasteiger partial charge on any atom is -0.147 e. The molecule has 4 aliphatic rings. The van der Waals surface area contributed by atoms with Gasteiger partial charge in [-0.1, -0.05) is 0 Å². The fraction of sp³-hybridized carbons (Fsp3) is 0.273. The Labute approximate surface area is 329 Å². The first-order valence-electron chi connectivity index (χ1n) is 17.7. The summed E-state index contributed by atoms with van der Waals surface area (Å²) in [6.45, 7) is 19.8. The van der Waals surface area contributed by atoms with Crippen LogP contribution in [0.5, 0.6) is 0 Å². The molecule has 4 aliphatic carbocycles. The van der Waals surface area contributed by atoms with E-state index in [4.69, 9.17) is 0 Å². The zero-order chi connectivity index (χ0) is 33.7. The van der Waals surface area contributed by atoms with Crippen LogP contribution in [0.15, 0.2) is 127 Å². The molecule has 0 nitrogen and oxygen atoms in total. The molecular formula is C44H50Cl2Hf2Si2. The van der Waals surface area contributed by atoms with Crippen molar-refractivity contribution in [2.45, 2.75) is 66.7 Å².